The molecule has 0 saturated heterocycles. The maximum Gasteiger partial charge on any atom is 0.137 e. The summed E-state index contributed by atoms with van der Waals surface area (Å²) in [6.07, 6.45) is 0. The number of para-hydroxylation sites is 4. The summed E-state index contributed by atoms with van der Waals surface area (Å²) in [7, 11) is 0. The highest BCUT2D eigenvalue weighted by Gasteiger charge is 2.25. The minimum Gasteiger partial charge on any atom is -0.456 e. The van der Waals surface area contributed by atoms with Crippen molar-refractivity contribution in [1.29, 1.82) is 0 Å². The van der Waals surface area contributed by atoms with Crippen molar-refractivity contribution in [1.82, 2.24) is 0 Å². The third kappa shape index (κ3) is 4.37. The number of furan rings is 2. The van der Waals surface area contributed by atoms with Crippen LogP contribution in [0.1, 0.15) is 0 Å². The van der Waals surface area contributed by atoms with Gasteiger partial charge in [-0.15, -0.1) is 0 Å². The van der Waals surface area contributed by atoms with Crippen LogP contribution in [0.15, 0.2) is 185 Å². The largest absolute Gasteiger partial charge is 0.456 e. The molecule has 0 fully saturated rings. The monoisotopic (exact) mass is 627 g/mol. The van der Waals surface area contributed by atoms with Crippen molar-refractivity contribution in [3.8, 4) is 22.3 Å². The van der Waals surface area contributed by atoms with Crippen molar-refractivity contribution in [3.63, 3.8) is 0 Å². The van der Waals surface area contributed by atoms with Gasteiger partial charge in [0, 0.05) is 27.3 Å². The van der Waals surface area contributed by atoms with Gasteiger partial charge in [0.25, 0.3) is 0 Å². The standard InChI is InChI=1S/C46H29NO2/c1-2-14-31-29-32(28-27-30(31)13-1)33-15-3-7-20-38(33)47(40-22-12-26-44-46(40)37-18-6-10-24-42(37)49-44)39-21-8-4-16-34(39)35-19-11-25-43-45(35)36-17-5-9-23-41(36)48-43/h1-29H. The van der Waals surface area contributed by atoms with Gasteiger partial charge in [-0.25, -0.2) is 0 Å². The van der Waals surface area contributed by atoms with Crippen LogP contribution in [-0.2, 0) is 0 Å². The average Bonchev–Trinajstić information content (AvgIpc) is 3.74. The van der Waals surface area contributed by atoms with Crippen molar-refractivity contribution in [2.24, 2.45) is 0 Å². The highest BCUT2D eigenvalue weighted by molar-refractivity contribution is 6.17. The van der Waals surface area contributed by atoms with Gasteiger partial charge in [-0.2, -0.15) is 0 Å². The third-order valence-corrected chi connectivity index (χ3v) is 9.66. The fraction of sp³-hybridized carbons (Fsp3) is 0. The van der Waals surface area contributed by atoms with Gasteiger partial charge < -0.3 is 13.7 Å². The predicted octanol–water partition coefficient (Wildman–Crippen LogP) is 13.4. The van der Waals surface area contributed by atoms with Crippen molar-refractivity contribution >= 4 is 71.7 Å². The molecule has 49 heavy (non-hydrogen) atoms. The number of fused-ring (bicyclic) bond motifs is 7. The van der Waals surface area contributed by atoms with Gasteiger partial charge >= 0.3 is 0 Å². The molecule has 230 valence electrons. The van der Waals surface area contributed by atoms with Gasteiger partial charge in [0.2, 0.25) is 0 Å². The van der Waals surface area contributed by atoms with E-state index >= 15 is 0 Å². The number of hydrogen-bond donors (Lipinski definition) is 0. The van der Waals surface area contributed by atoms with Crippen LogP contribution in [0.3, 0.4) is 0 Å². The highest BCUT2D eigenvalue weighted by Crippen LogP contribution is 2.49. The Kier molecular flexibility index (Phi) is 6.18. The summed E-state index contributed by atoms with van der Waals surface area (Å²) >= 11 is 0. The van der Waals surface area contributed by atoms with Crippen molar-refractivity contribution in [2.75, 3.05) is 4.90 Å². The van der Waals surface area contributed by atoms with E-state index in [1.165, 1.54) is 10.8 Å². The normalized spacial score (nSPS) is 11.7. The Morgan fingerprint density at radius 3 is 1.61 bits per heavy atom. The SMILES string of the molecule is c1ccc(N(c2ccccc2-c2cccc3oc4ccccc4c23)c2cccc3oc4ccccc4c23)c(-c2ccc3ccccc3c2)c1. The lowest BCUT2D eigenvalue weighted by Gasteiger charge is -2.30. The maximum atomic E-state index is 6.45. The van der Waals surface area contributed by atoms with E-state index in [4.69, 9.17) is 8.83 Å². The number of hydrogen-bond acceptors (Lipinski definition) is 3. The first-order valence-electron chi connectivity index (χ1n) is 16.6. The molecule has 0 aliphatic carbocycles. The van der Waals surface area contributed by atoms with Crippen LogP contribution in [0.5, 0.6) is 0 Å². The molecule has 0 aliphatic rings. The first kappa shape index (κ1) is 27.5. The van der Waals surface area contributed by atoms with E-state index in [1.54, 1.807) is 0 Å². The summed E-state index contributed by atoms with van der Waals surface area (Å²) in [5.74, 6) is 0. The lowest BCUT2D eigenvalue weighted by atomic mass is 9.95. The minimum atomic E-state index is 0.854. The Labute approximate surface area is 282 Å². The van der Waals surface area contributed by atoms with Crippen molar-refractivity contribution in [2.45, 2.75) is 0 Å². The molecule has 3 heteroatoms. The number of nitrogens with zero attached hydrogens (tertiary/aromatic N) is 1. The van der Waals surface area contributed by atoms with Crippen LogP contribution in [0, 0.1) is 0 Å². The van der Waals surface area contributed by atoms with Gasteiger partial charge in [0.05, 0.1) is 22.4 Å². The van der Waals surface area contributed by atoms with Crippen LogP contribution in [0.2, 0.25) is 0 Å². The molecular formula is C46H29NO2. The smallest absolute Gasteiger partial charge is 0.137 e. The third-order valence-electron chi connectivity index (χ3n) is 9.66. The molecule has 8 aromatic carbocycles. The van der Waals surface area contributed by atoms with Crippen LogP contribution in [-0.4, -0.2) is 0 Å². The molecule has 0 spiro atoms. The molecule has 0 aliphatic heterocycles. The van der Waals surface area contributed by atoms with Gasteiger partial charge in [-0.1, -0.05) is 127 Å². The Hall–Kier alpha value is -6.58. The van der Waals surface area contributed by atoms with E-state index in [0.717, 1.165) is 83.2 Å². The molecule has 0 radical (unpaired) electrons. The zero-order valence-corrected chi connectivity index (χ0v) is 26.5. The zero-order chi connectivity index (χ0) is 32.3. The average molecular weight is 628 g/mol. The number of rotatable bonds is 5. The Bertz CT molecular complexity index is 2860. The summed E-state index contributed by atoms with van der Waals surface area (Å²) in [6, 6.07) is 62.1. The Morgan fingerprint density at radius 2 is 0.837 bits per heavy atom. The molecule has 0 bridgehead atoms. The lowest BCUT2D eigenvalue weighted by molar-refractivity contribution is 0.668. The van der Waals surface area contributed by atoms with Gasteiger partial charge in [0.1, 0.15) is 22.3 Å². The van der Waals surface area contributed by atoms with Crippen molar-refractivity contribution in [3.05, 3.63) is 176 Å². The van der Waals surface area contributed by atoms with E-state index in [1.807, 2.05) is 24.3 Å². The van der Waals surface area contributed by atoms with Crippen LogP contribution >= 0.6 is 0 Å². The molecule has 10 rings (SSSR count). The van der Waals surface area contributed by atoms with Crippen LogP contribution in [0.25, 0.3) is 76.9 Å². The molecular weight excluding hydrogens is 599 g/mol. The Balaban J connectivity index is 1.30. The summed E-state index contributed by atoms with van der Waals surface area (Å²) in [5.41, 5.74) is 11.2. The van der Waals surface area contributed by atoms with Crippen LogP contribution in [0.4, 0.5) is 17.1 Å². The second kappa shape index (κ2) is 11.0. The topological polar surface area (TPSA) is 29.5 Å². The fourth-order valence-corrected chi connectivity index (χ4v) is 7.50. The maximum absolute atomic E-state index is 6.45. The summed E-state index contributed by atoms with van der Waals surface area (Å²) in [4.78, 5) is 2.42. The lowest BCUT2D eigenvalue weighted by Crippen LogP contribution is -2.13. The van der Waals surface area contributed by atoms with Crippen LogP contribution < -0.4 is 4.90 Å². The Morgan fingerprint density at radius 1 is 0.327 bits per heavy atom. The number of benzene rings is 8. The first-order chi connectivity index (χ1) is 24.3. The minimum absolute atomic E-state index is 0.854. The van der Waals surface area contributed by atoms with E-state index in [2.05, 4.69) is 157 Å². The summed E-state index contributed by atoms with van der Waals surface area (Å²) < 4.78 is 12.8. The number of anilines is 3. The molecule has 0 atom stereocenters. The molecule has 0 amide bonds. The zero-order valence-electron chi connectivity index (χ0n) is 26.5. The van der Waals surface area contributed by atoms with Gasteiger partial charge in [-0.05, 0) is 70.4 Å². The second-order valence-corrected chi connectivity index (χ2v) is 12.5. The fourth-order valence-electron chi connectivity index (χ4n) is 7.50. The predicted molar refractivity (Wildman–Crippen MR) is 204 cm³/mol. The molecule has 3 nitrogen and oxygen atoms in total. The molecule has 2 aromatic heterocycles. The first-order valence-corrected chi connectivity index (χ1v) is 16.6. The summed E-state index contributed by atoms with van der Waals surface area (Å²) in [5, 5.41) is 6.81. The molecule has 2 heterocycles. The van der Waals surface area contributed by atoms with E-state index in [-0.39, 0.29) is 0 Å². The van der Waals surface area contributed by atoms with E-state index in [0.29, 0.717) is 0 Å². The van der Waals surface area contributed by atoms with E-state index < -0.39 is 0 Å². The van der Waals surface area contributed by atoms with Gasteiger partial charge in [0.15, 0.2) is 0 Å². The quantitative estimate of drug-likeness (QED) is 0.190. The van der Waals surface area contributed by atoms with Gasteiger partial charge in [-0.3, -0.25) is 0 Å². The molecule has 0 unspecified atom stereocenters. The van der Waals surface area contributed by atoms with E-state index in [9.17, 15) is 0 Å². The van der Waals surface area contributed by atoms with Crippen molar-refractivity contribution < 1.29 is 8.83 Å². The summed E-state index contributed by atoms with van der Waals surface area (Å²) in [6.45, 7) is 0. The molecule has 0 N–H and O–H groups in total. The second-order valence-electron chi connectivity index (χ2n) is 12.5. The molecule has 0 saturated carbocycles. The highest BCUT2D eigenvalue weighted by atomic mass is 16.3. The molecule has 10 aromatic rings.